The minimum absolute atomic E-state index is 0.247. The quantitative estimate of drug-likeness (QED) is 0.785. The molecule has 0 aromatic heterocycles. The van der Waals surface area contributed by atoms with Crippen molar-refractivity contribution < 1.29 is 9.13 Å². The van der Waals surface area contributed by atoms with Crippen molar-refractivity contribution in [1.82, 2.24) is 0 Å². The largest absolute Gasteiger partial charge is 0.492 e. The molecular formula is C15H17FN2O. The zero-order valence-electron chi connectivity index (χ0n) is 10.6. The van der Waals surface area contributed by atoms with Crippen molar-refractivity contribution in [2.75, 3.05) is 18.5 Å². The lowest BCUT2D eigenvalue weighted by Crippen LogP contribution is -2.11. The molecule has 0 amide bonds. The van der Waals surface area contributed by atoms with E-state index in [9.17, 15) is 4.39 Å². The van der Waals surface area contributed by atoms with Crippen LogP contribution < -0.4 is 15.8 Å². The SMILES string of the molecule is NCc1ccc(OCCNc2cccc(F)c2)cc1. The summed E-state index contributed by atoms with van der Waals surface area (Å²) >= 11 is 0. The topological polar surface area (TPSA) is 47.3 Å². The molecule has 2 aromatic carbocycles. The second-order valence-electron chi connectivity index (χ2n) is 4.13. The fourth-order valence-corrected chi connectivity index (χ4v) is 1.68. The molecule has 0 heterocycles. The van der Waals surface area contributed by atoms with E-state index in [0.717, 1.165) is 17.0 Å². The van der Waals surface area contributed by atoms with Crippen LogP contribution in [0.1, 0.15) is 5.56 Å². The average molecular weight is 260 g/mol. The molecule has 100 valence electrons. The first-order valence-electron chi connectivity index (χ1n) is 6.19. The fraction of sp³-hybridized carbons (Fsp3) is 0.200. The second kappa shape index (κ2) is 6.75. The van der Waals surface area contributed by atoms with Gasteiger partial charge in [0.25, 0.3) is 0 Å². The van der Waals surface area contributed by atoms with Gasteiger partial charge in [0.2, 0.25) is 0 Å². The molecule has 0 aliphatic rings. The zero-order chi connectivity index (χ0) is 13.5. The Morgan fingerprint density at radius 2 is 1.89 bits per heavy atom. The first-order chi connectivity index (χ1) is 9.28. The number of anilines is 1. The van der Waals surface area contributed by atoms with E-state index >= 15 is 0 Å². The second-order valence-corrected chi connectivity index (χ2v) is 4.13. The Bertz CT molecular complexity index is 514. The highest BCUT2D eigenvalue weighted by Crippen LogP contribution is 2.12. The smallest absolute Gasteiger partial charge is 0.125 e. The Balaban J connectivity index is 1.74. The van der Waals surface area contributed by atoms with Gasteiger partial charge in [-0.1, -0.05) is 18.2 Å². The summed E-state index contributed by atoms with van der Waals surface area (Å²) in [6.45, 7) is 1.65. The molecule has 0 saturated heterocycles. The van der Waals surface area contributed by atoms with Crippen LogP contribution in [0, 0.1) is 5.82 Å². The summed E-state index contributed by atoms with van der Waals surface area (Å²) < 4.78 is 18.5. The van der Waals surface area contributed by atoms with Gasteiger partial charge in [-0.3, -0.25) is 0 Å². The van der Waals surface area contributed by atoms with E-state index < -0.39 is 0 Å². The van der Waals surface area contributed by atoms with Gasteiger partial charge in [-0.2, -0.15) is 0 Å². The molecule has 2 aromatic rings. The Labute approximate surface area is 112 Å². The lowest BCUT2D eigenvalue weighted by Gasteiger charge is -2.09. The molecule has 0 aliphatic heterocycles. The molecule has 2 rings (SSSR count). The summed E-state index contributed by atoms with van der Waals surface area (Å²) in [5.41, 5.74) is 7.34. The molecule has 0 saturated carbocycles. The van der Waals surface area contributed by atoms with Crippen LogP contribution in [0.15, 0.2) is 48.5 Å². The van der Waals surface area contributed by atoms with Crippen LogP contribution in [0.5, 0.6) is 5.75 Å². The molecule has 0 unspecified atom stereocenters. The van der Waals surface area contributed by atoms with E-state index in [0.29, 0.717) is 19.7 Å². The van der Waals surface area contributed by atoms with E-state index in [4.69, 9.17) is 10.5 Å². The van der Waals surface area contributed by atoms with Crippen LogP contribution in [0.25, 0.3) is 0 Å². The number of ether oxygens (including phenoxy) is 1. The van der Waals surface area contributed by atoms with Gasteiger partial charge in [-0.05, 0) is 35.9 Å². The van der Waals surface area contributed by atoms with Gasteiger partial charge in [0, 0.05) is 18.8 Å². The molecule has 3 nitrogen and oxygen atoms in total. The van der Waals surface area contributed by atoms with E-state index in [-0.39, 0.29) is 5.82 Å². The molecular weight excluding hydrogens is 243 g/mol. The summed E-state index contributed by atoms with van der Waals surface area (Å²) in [5, 5.41) is 3.09. The van der Waals surface area contributed by atoms with Gasteiger partial charge in [0.15, 0.2) is 0 Å². The number of rotatable bonds is 6. The maximum atomic E-state index is 12.9. The third-order valence-electron chi connectivity index (χ3n) is 2.68. The number of halogens is 1. The average Bonchev–Trinajstić information content (AvgIpc) is 2.44. The van der Waals surface area contributed by atoms with Crippen LogP contribution >= 0.6 is 0 Å². The summed E-state index contributed by atoms with van der Waals surface area (Å²) in [6, 6.07) is 14.0. The van der Waals surface area contributed by atoms with E-state index in [1.54, 1.807) is 6.07 Å². The van der Waals surface area contributed by atoms with Gasteiger partial charge < -0.3 is 15.8 Å². The monoisotopic (exact) mass is 260 g/mol. The van der Waals surface area contributed by atoms with Crippen LogP contribution in [0.4, 0.5) is 10.1 Å². The van der Waals surface area contributed by atoms with E-state index in [1.807, 2.05) is 30.3 Å². The van der Waals surface area contributed by atoms with Gasteiger partial charge >= 0.3 is 0 Å². The lowest BCUT2D eigenvalue weighted by atomic mass is 10.2. The predicted octanol–water partition coefficient (Wildman–Crippen LogP) is 2.78. The van der Waals surface area contributed by atoms with Crippen molar-refractivity contribution in [3.63, 3.8) is 0 Å². The summed E-state index contributed by atoms with van der Waals surface area (Å²) in [6.07, 6.45) is 0. The molecule has 4 heteroatoms. The van der Waals surface area contributed by atoms with E-state index in [2.05, 4.69) is 5.32 Å². The van der Waals surface area contributed by atoms with Crippen molar-refractivity contribution in [3.8, 4) is 5.75 Å². The number of nitrogens with two attached hydrogens (primary N) is 1. The molecule has 3 N–H and O–H groups in total. The van der Waals surface area contributed by atoms with Gasteiger partial charge in [-0.15, -0.1) is 0 Å². The summed E-state index contributed by atoms with van der Waals surface area (Å²) in [5.74, 6) is 0.557. The van der Waals surface area contributed by atoms with Gasteiger partial charge in [-0.25, -0.2) is 4.39 Å². The van der Waals surface area contributed by atoms with Crippen molar-refractivity contribution in [2.45, 2.75) is 6.54 Å². The van der Waals surface area contributed by atoms with E-state index in [1.165, 1.54) is 12.1 Å². The number of hydrogen-bond acceptors (Lipinski definition) is 3. The Morgan fingerprint density at radius 1 is 1.11 bits per heavy atom. The van der Waals surface area contributed by atoms with Crippen LogP contribution in [0.2, 0.25) is 0 Å². The van der Waals surface area contributed by atoms with Crippen molar-refractivity contribution in [3.05, 3.63) is 59.9 Å². The first kappa shape index (κ1) is 13.4. The Kier molecular flexibility index (Phi) is 4.75. The molecule has 0 spiro atoms. The zero-order valence-corrected chi connectivity index (χ0v) is 10.6. The predicted molar refractivity (Wildman–Crippen MR) is 74.7 cm³/mol. The fourth-order valence-electron chi connectivity index (χ4n) is 1.68. The van der Waals surface area contributed by atoms with Gasteiger partial charge in [0.1, 0.15) is 18.2 Å². The first-order valence-corrected chi connectivity index (χ1v) is 6.19. The van der Waals surface area contributed by atoms with Crippen LogP contribution in [0.3, 0.4) is 0 Å². The maximum Gasteiger partial charge on any atom is 0.125 e. The molecule has 0 fully saturated rings. The Hall–Kier alpha value is -2.07. The molecule has 0 atom stereocenters. The van der Waals surface area contributed by atoms with Crippen LogP contribution in [-0.4, -0.2) is 13.2 Å². The Morgan fingerprint density at radius 3 is 2.58 bits per heavy atom. The maximum absolute atomic E-state index is 12.9. The highest BCUT2D eigenvalue weighted by Gasteiger charge is 1.96. The molecule has 0 bridgehead atoms. The molecule has 0 radical (unpaired) electrons. The highest BCUT2D eigenvalue weighted by molar-refractivity contribution is 5.42. The number of nitrogens with one attached hydrogen (secondary N) is 1. The van der Waals surface area contributed by atoms with Crippen molar-refractivity contribution in [2.24, 2.45) is 5.73 Å². The lowest BCUT2D eigenvalue weighted by molar-refractivity contribution is 0.333. The minimum Gasteiger partial charge on any atom is -0.492 e. The van der Waals surface area contributed by atoms with Crippen LogP contribution in [-0.2, 0) is 6.54 Å². The summed E-state index contributed by atoms with van der Waals surface area (Å²) in [4.78, 5) is 0. The third-order valence-corrected chi connectivity index (χ3v) is 2.68. The molecule has 0 aliphatic carbocycles. The summed E-state index contributed by atoms with van der Waals surface area (Å²) in [7, 11) is 0. The minimum atomic E-state index is -0.247. The van der Waals surface area contributed by atoms with Crippen molar-refractivity contribution in [1.29, 1.82) is 0 Å². The number of hydrogen-bond donors (Lipinski definition) is 2. The standard InChI is InChI=1S/C15H17FN2O/c16-13-2-1-3-14(10-13)18-8-9-19-15-6-4-12(11-17)5-7-15/h1-7,10,18H,8-9,11,17H2. The normalized spacial score (nSPS) is 10.2. The van der Waals surface area contributed by atoms with Gasteiger partial charge in [0.05, 0.1) is 0 Å². The number of benzene rings is 2. The molecule has 19 heavy (non-hydrogen) atoms. The van der Waals surface area contributed by atoms with Crippen molar-refractivity contribution >= 4 is 5.69 Å². The third kappa shape index (κ3) is 4.26. The highest BCUT2D eigenvalue weighted by atomic mass is 19.1.